The minimum absolute atomic E-state index is 0.186. The van der Waals surface area contributed by atoms with E-state index < -0.39 is 0 Å². The molecule has 2 aromatic carbocycles. The van der Waals surface area contributed by atoms with Gasteiger partial charge in [-0.2, -0.15) is 0 Å². The quantitative estimate of drug-likeness (QED) is 0.641. The van der Waals surface area contributed by atoms with Crippen molar-refractivity contribution >= 4 is 23.2 Å². The van der Waals surface area contributed by atoms with Crippen LogP contribution in [0.1, 0.15) is 22.8 Å². The lowest BCUT2D eigenvalue weighted by Gasteiger charge is -2.14. The maximum atomic E-state index is 6.02. The van der Waals surface area contributed by atoms with E-state index in [2.05, 4.69) is 30.2 Å². The van der Waals surface area contributed by atoms with E-state index in [4.69, 9.17) is 22.1 Å². The van der Waals surface area contributed by atoms with Gasteiger partial charge >= 0.3 is 0 Å². The van der Waals surface area contributed by atoms with Gasteiger partial charge in [0.25, 0.3) is 0 Å². The maximum Gasteiger partial charge on any atom is 0.193 e. The van der Waals surface area contributed by atoms with Crippen LogP contribution in [0.2, 0.25) is 5.02 Å². The number of nitrogens with zero attached hydrogens (tertiary/aromatic N) is 1. The Kier molecular flexibility index (Phi) is 6.02. The number of benzene rings is 2. The van der Waals surface area contributed by atoms with Gasteiger partial charge in [-0.15, -0.1) is 0 Å². The van der Waals surface area contributed by atoms with E-state index in [9.17, 15) is 0 Å². The van der Waals surface area contributed by atoms with Gasteiger partial charge in [-0.25, -0.2) is 0 Å². The predicted octanol–water partition coefficient (Wildman–Crippen LogP) is 4.07. The zero-order valence-corrected chi connectivity index (χ0v) is 14.4. The fourth-order valence-electron chi connectivity index (χ4n) is 2.21. The Bertz CT molecular complexity index is 700. The molecule has 0 amide bonds. The molecule has 4 nitrogen and oxygen atoms in total. The summed E-state index contributed by atoms with van der Waals surface area (Å²) in [6.45, 7) is 4.55. The fourth-order valence-corrected chi connectivity index (χ4v) is 2.41. The van der Waals surface area contributed by atoms with Crippen LogP contribution in [-0.4, -0.2) is 19.6 Å². The molecule has 2 rings (SSSR count). The molecule has 0 aliphatic rings. The molecular formula is C18H22ClN3O. The van der Waals surface area contributed by atoms with Gasteiger partial charge < -0.3 is 15.8 Å². The molecule has 0 radical (unpaired) electrons. The molecule has 23 heavy (non-hydrogen) atoms. The molecule has 0 aromatic heterocycles. The highest BCUT2D eigenvalue weighted by Crippen LogP contribution is 2.21. The van der Waals surface area contributed by atoms with Crippen LogP contribution in [-0.2, 0) is 4.74 Å². The summed E-state index contributed by atoms with van der Waals surface area (Å²) in [5.74, 6) is 0.359. The van der Waals surface area contributed by atoms with Gasteiger partial charge in [0.05, 0.1) is 6.54 Å². The van der Waals surface area contributed by atoms with Crippen LogP contribution in [0.4, 0.5) is 5.69 Å². The van der Waals surface area contributed by atoms with Gasteiger partial charge in [0, 0.05) is 17.8 Å². The predicted molar refractivity (Wildman–Crippen MR) is 97.2 cm³/mol. The smallest absolute Gasteiger partial charge is 0.193 e. The van der Waals surface area contributed by atoms with Crippen LogP contribution < -0.4 is 11.1 Å². The number of aryl methyl sites for hydroxylation is 2. The monoisotopic (exact) mass is 331 g/mol. The second-order valence-electron chi connectivity index (χ2n) is 5.43. The highest BCUT2D eigenvalue weighted by Gasteiger charge is 2.10. The number of hydrogen-bond acceptors (Lipinski definition) is 2. The first kappa shape index (κ1) is 17.3. The molecule has 1 atom stereocenters. The average Bonchev–Trinajstić information content (AvgIpc) is 2.52. The SMILES string of the molecule is COC(CN=C(N)Nc1ccc(C)c(C)c1)c1cccc(Cl)c1. The number of halogens is 1. The van der Waals surface area contributed by atoms with Crippen molar-refractivity contribution in [2.45, 2.75) is 20.0 Å². The van der Waals surface area contributed by atoms with Crippen molar-refractivity contribution < 1.29 is 4.74 Å². The van der Waals surface area contributed by atoms with Crippen LogP contribution in [0.3, 0.4) is 0 Å². The van der Waals surface area contributed by atoms with Crippen LogP contribution in [0.25, 0.3) is 0 Å². The molecule has 3 N–H and O–H groups in total. The van der Waals surface area contributed by atoms with Crippen LogP contribution in [0.15, 0.2) is 47.5 Å². The Morgan fingerprint density at radius 2 is 2.00 bits per heavy atom. The molecule has 0 aliphatic heterocycles. The van der Waals surface area contributed by atoms with Gasteiger partial charge in [-0.3, -0.25) is 4.99 Å². The molecule has 0 saturated carbocycles. The Morgan fingerprint density at radius 1 is 1.22 bits per heavy atom. The largest absolute Gasteiger partial charge is 0.375 e. The first-order valence-electron chi connectivity index (χ1n) is 7.42. The third-order valence-corrected chi connectivity index (χ3v) is 3.95. The number of guanidine groups is 1. The van der Waals surface area contributed by atoms with Crippen molar-refractivity contribution in [1.29, 1.82) is 0 Å². The second kappa shape index (κ2) is 7.99. The summed E-state index contributed by atoms with van der Waals surface area (Å²) in [4.78, 5) is 4.36. The number of nitrogens with one attached hydrogen (secondary N) is 1. The molecule has 5 heteroatoms. The summed E-state index contributed by atoms with van der Waals surface area (Å²) in [7, 11) is 1.65. The number of ether oxygens (including phenoxy) is 1. The van der Waals surface area contributed by atoms with Gasteiger partial charge in [0.2, 0.25) is 0 Å². The van der Waals surface area contributed by atoms with Gasteiger partial charge in [0.15, 0.2) is 5.96 Å². The Balaban J connectivity index is 2.03. The van der Waals surface area contributed by atoms with Crippen molar-refractivity contribution in [2.24, 2.45) is 10.7 Å². The number of methoxy groups -OCH3 is 1. The number of rotatable bonds is 5. The van der Waals surface area contributed by atoms with Gasteiger partial charge in [-0.05, 0) is 54.8 Å². The van der Waals surface area contributed by atoms with E-state index in [1.807, 2.05) is 36.4 Å². The molecular weight excluding hydrogens is 310 g/mol. The summed E-state index contributed by atoms with van der Waals surface area (Å²) < 4.78 is 5.48. The van der Waals surface area contributed by atoms with E-state index in [0.29, 0.717) is 17.5 Å². The van der Waals surface area contributed by atoms with Crippen molar-refractivity contribution in [1.82, 2.24) is 0 Å². The molecule has 0 spiro atoms. The number of nitrogens with two attached hydrogens (primary N) is 1. The minimum atomic E-state index is -0.186. The van der Waals surface area contributed by atoms with Crippen LogP contribution in [0, 0.1) is 13.8 Å². The van der Waals surface area contributed by atoms with Crippen molar-refractivity contribution in [3.63, 3.8) is 0 Å². The fraction of sp³-hybridized carbons (Fsp3) is 0.278. The molecule has 1 unspecified atom stereocenters. The van der Waals surface area contributed by atoms with Gasteiger partial charge in [-0.1, -0.05) is 29.8 Å². The van der Waals surface area contributed by atoms with Crippen molar-refractivity contribution in [2.75, 3.05) is 19.0 Å². The van der Waals surface area contributed by atoms with Crippen LogP contribution >= 0.6 is 11.6 Å². The zero-order valence-electron chi connectivity index (χ0n) is 13.6. The standard InChI is InChI=1S/C18H22ClN3O/c1-12-7-8-16(9-13(12)2)22-18(20)21-11-17(23-3)14-5-4-6-15(19)10-14/h4-10,17H,11H2,1-3H3,(H3,20,21,22). The highest BCUT2D eigenvalue weighted by atomic mass is 35.5. The third-order valence-electron chi connectivity index (χ3n) is 3.71. The van der Waals surface area contributed by atoms with E-state index in [0.717, 1.165) is 11.3 Å². The van der Waals surface area contributed by atoms with Gasteiger partial charge in [0.1, 0.15) is 6.10 Å². The lowest BCUT2D eigenvalue weighted by Crippen LogP contribution is -2.24. The Hall–Kier alpha value is -2.04. The normalized spacial score (nSPS) is 13.0. The lowest BCUT2D eigenvalue weighted by molar-refractivity contribution is 0.111. The van der Waals surface area contributed by atoms with E-state index in [1.165, 1.54) is 11.1 Å². The topological polar surface area (TPSA) is 59.6 Å². The molecule has 0 fully saturated rings. The van der Waals surface area contributed by atoms with Crippen molar-refractivity contribution in [3.05, 3.63) is 64.2 Å². The zero-order chi connectivity index (χ0) is 16.8. The van der Waals surface area contributed by atoms with E-state index in [1.54, 1.807) is 7.11 Å². The minimum Gasteiger partial charge on any atom is -0.375 e. The third kappa shape index (κ3) is 4.98. The first-order chi connectivity index (χ1) is 11.0. The molecule has 0 heterocycles. The molecule has 122 valence electrons. The number of hydrogen-bond donors (Lipinski definition) is 2. The summed E-state index contributed by atoms with van der Waals surface area (Å²) in [6, 6.07) is 13.6. The van der Waals surface area contributed by atoms with Crippen LogP contribution in [0.5, 0.6) is 0 Å². The number of anilines is 1. The molecule has 2 aromatic rings. The number of aliphatic imine (C=N–C) groups is 1. The molecule has 0 saturated heterocycles. The average molecular weight is 332 g/mol. The van der Waals surface area contributed by atoms with E-state index >= 15 is 0 Å². The summed E-state index contributed by atoms with van der Waals surface area (Å²) >= 11 is 6.02. The van der Waals surface area contributed by atoms with E-state index in [-0.39, 0.29) is 6.10 Å². The highest BCUT2D eigenvalue weighted by molar-refractivity contribution is 6.30. The molecule has 0 bridgehead atoms. The lowest BCUT2D eigenvalue weighted by atomic mass is 10.1. The summed E-state index contributed by atoms with van der Waals surface area (Å²) in [5, 5.41) is 3.77. The summed E-state index contributed by atoms with van der Waals surface area (Å²) in [6.07, 6.45) is -0.186. The summed E-state index contributed by atoms with van der Waals surface area (Å²) in [5.41, 5.74) is 10.3. The maximum absolute atomic E-state index is 6.02. The first-order valence-corrected chi connectivity index (χ1v) is 7.80. The Morgan fingerprint density at radius 3 is 2.65 bits per heavy atom. The Labute approximate surface area is 142 Å². The van der Waals surface area contributed by atoms with Crippen molar-refractivity contribution in [3.8, 4) is 0 Å². The molecule has 0 aliphatic carbocycles. The second-order valence-corrected chi connectivity index (χ2v) is 5.87.